The van der Waals surface area contributed by atoms with Crippen molar-refractivity contribution in [2.45, 2.75) is 18.9 Å². The van der Waals surface area contributed by atoms with Crippen LogP contribution < -0.4 is 10.6 Å². The van der Waals surface area contributed by atoms with Crippen LogP contribution in [0.15, 0.2) is 16.7 Å². The van der Waals surface area contributed by atoms with E-state index < -0.39 is 12.0 Å². The highest BCUT2D eigenvalue weighted by atomic mass is 79.9. The fourth-order valence-corrected chi connectivity index (χ4v) is 2.18. The van der Waals surface area contributed by atoms with Crippen molar-refractivity contribution in [1.82, 2.24) is 10.3 Å². The monoisotopic (exact) mass is 347 g/mol. The fraction of sp³-hybridized carbons (Fsp3) is 0.364. The summed E-state index contributed by atoms with van der Waals surface area (Å²) in [5.41, 5.74) is 0. The number of nitrogens with zero attached hydrogens (tertiary/aromatic N) is 1. The van der Waals surface area contributed by atoms with Crippen LogP contribution in [0.4, 0.5) is 10.6 Å². The summed E-state index contributed by atoms with van der Waals surface area (Å²) >= 11 is 9.01. The van der Waals surface area contributed by atoms with Crippen molar-refractivity contribution < 1.29 is 14.7 Å². The lowest BCUT2D eigenvalue weighted by molar-refractivity contribution is -0.145. The van der Waals surface area contributed by atoms with Crippen molar-refractivity contribution >= 4 is 45.3 Å². The molecule has 0 saturated heterocycles. The van der Waals surface area contributed by atoms with Gasteiger partial charge in [0.15, 0.2) is 0 Å². The van der Waals surface area contributed by atoms with E-state index in [0.717, 1.165) is 0 Å². The zero-order valence-corrected chi connectivity index (χ0v) is 12.0. The second-order valence-corrected chi connectivity index (χ2v) is 5.55. The van der Waals surface area contributed by atoms with Crippen LogP contribution in [0.2, 0.25) is 5.02 Å². The summed E-state index contributed by atoms with van der Waals surface area (Å²) in [4.78, 5) is 26.2. The van der Waals surface area contributed by atoms with Gasteiger partial charge in [0.05, 0.1) is 10.9 Å². The number of carboxylic acids is 1. The molecule has 0 aromatic carbocycles. The number of hydrogen-bond donors (Lipinski definition) is 3. The number of carbonyl (C=O) groups excluding carboxylic acids is 1. The molecule has 0 spiro atoms. The molecule has 1 aromatic rings. The molecule has 0 aliphatic heterocycles. The third-order valence-corrected chi connectivity index (χ3v) is 4.06. The number of pyridine rings is 1. The van der Waals surface area contributed by atoms with Crippen LogP contribution in [-0.2, 0) is 4.79 Å². The quantitative estimate of drug-likeness (QED) is 0.782. The Morgan fingerprint density at radius 2 is 2.16 bits per heavy atom. The largest absolute Gasteiger partial charge is 0.481 e. The van der Waals surface area contributed by atoms with Crippen LogP contribution in [0.25, 0.3) is 0 Å². The molecule has 0 bridgehead atoms. The first-order valence-electron chi connectivity index (χ1n) is 5.57. The summed E-state index contributed by atoms with van der Waals surface area (Å²) in [6, 6.07) is 1.08. The van der Waals surface area contributed by atoms with Gasteiger partial charge < -0.3 is 10.4 Å². The lowest BCUT2D eigenvalue weighted by Gasteiger charge is -2.32. The molecule has 19 heavy (non-hydrogen) atoms. The smallest absolute Gasteiger partial charge is 0.320 e. The molecule has 2 rings (SSSR count). The lowest BCUT2D eigenvalue weighted by Crippen LogP contribution is -2.48. The Morgan fingerprint density at radius 1 is 1.47 bits per heavy atom. The predicted octanol–water partition coefficient (Wildman–Crippen LogP) is 2.48. The number of aromatic nitrogens is 1. The number of anilines is 1. The molecule has 8 heteroatoms. The molecule has 1 aliphatic rings. The Morgan fingerprint density at radius 3 is 2.74 bits per heavy atom. The number of amides is 2. The predicted molar refractivity (Wildman–Crippen MR) is 73.2 cm³/mol. The molecule has 102 valence electrons. The summed E-state index contributed by atoms with van der Waals surface area (Å²) in [6.07, 6.45) is 2.34. The Bertz CT molecular complexity index is 520. The standard InChI is InChI=1S/C11H11BrClN3O3/c12-7-3-9(14-4-8(7)13)16-11(19)15-6-1-5(2-6)10(17)18/h3-6H,1-2H2,(H,17,18)(H2,14,15,16,19). The SMILES string of the molecule is O=C(Nc1cc(Br)c(Cl)cn1)NC1CC(C(=O)O)C1. The van der Waals surface area contributed by atoms with Crippen molar-refractivity contribution in [3.05, 3.63) is 21.8 Å². The number of halogens is 2. The van der Waals surface area contributed by atoms with Gasteiger partial charge in [-0.05, 0) is 34.8 Å². The van der Waals surface area contributed by atoms with Gasteiger partial charge in [-0.1, -0.05) is 11.6 Å². The van der Waals surface area contributed by atoms with E-state index in [1.807, 2.05) is 0 Å². The number of hydrogen-bond acceptors (Lipinski definition) is 3. The summed E-state index contributed by atoms with van der Waals surface area (Å²) in [5.74, 6) is -0.808. The molecule has 0 atom stereocenters. The Kier molecular flexibility index (Phi) is 4.26. The number of carboxylic acid groups (broad SMARTS) is 1. The first kappa shape index (κ1) is 14.1. The van der Waals surface area contributed by atoms with E-state index in [1.54, 1.807) is 6.07 Å². The van der Waals surface area contributed by atoms with Crippen LogP contribution in [0.3, 0.4) is 0 Å². The fourth-order valence-electron chi connectivity index (χ4n) is 1.76. The second kappa shape index (κ2) is 5.75. The third-order valence-electron chi connectivity index (χ3n) is 2.87. The highest BCUT2D eigenvalue weighted by molar-refractivity contribution is 9.10. The highest BCUT2D eigenvalue weighted by Crippen LogP contribution is 2.27. The average molecular weight is 349 g/mol. The summed E-state index contributed by atoms with van der Waals surface area (Å²) in [6.45, 7) is 0. The molecule has 3 N–H and O–H groups in total. The van der Waals surface area contributed by atoms with Gasteiger partial charge in [0, 0.05) is 16.7 Å². The van der Waals surface area contributed by atoms with Crippen molar-refractivity contribution in [1.29, 1.82) is 0 Å². The van der Waals surface area contributed by atoms with Crippen LogP contribution in [0.5, 0.6) is 0 Å². The van der Waals surface area contributed by atoms with Crippen molar-refractivity contribution in [3.63, 3.8) is 0 Å². The Labute approximate surface area is 122 Å². The Hall–Kier alpha value is -1.34. The van der Waals surface area contributed by atoms with E-state index in [4.69, 9.17) is 16.7 Å². The van der Waals surface area contributed by atoms with E-state index in [9.17, 15) is 9.59 Å². The maximum atomic E-state index is 11.6. The van der Waals surface area contributed by atoms with E-state index in [2.05, 4.69) is 31.5 Å². The normalized spacial score (nSPS) is 21.4. The molecule has 2 amide bonds. The van der Waals surface area contributed by atoms with Crippen LogP contribution in [0.1, 0.15) is 12.8 Å². The van der Waals surface area contributed by atoms with E-state index >= 15 is 0 Å². The summed E-state index contributed by atoms with van der Waals surface area (Å²) in [5, 5.41) is 14.4. The minimum atomic E-state index is -0.818. The average Bonchev–Trinajstić information content (AvgIpc) is 2.27. The van der Waals surface area contributed by atoms with Crippen LogP contribution >= 0.6 is 27.5 Å². The summed E-state index contributed by atoms with van der Waals surface area (Å²) < 4.78 is 0.633. The van der Waals surface area contributed by atoms with E-state index in [0.29, 0.717) is 28.2 Å². The molecule has 0 unspecified atom stereocenters. The first-order valence-corrected chi connectivity index (χ1v) is 6.74. The van der Waals surface area contributed by atoms with Gasteiger partial charge in [0.2, 0.25) is 0 Å². The topological polar surface area (TPSA) is 91.3 Å². The number of urea groups is 1. The van der Waals surface area contributed by atoms with Gasteiger partial charge in [-0.3, -0.25) is 10.1 Å². The van der Waals surface area contributed by atoms with Crippen molar-refractivity contribution in [2.24, 2.45) is 5.92 Å². The van der Waals surface area contributed by atoms with Gasteiger partial charge in [0.25, 0.3) is 0 Å². The zero-order valence-electron chi connectivity index (χ0n) is 9.69. The zero-order chi connectivity index (χ0) is 14.0. The summed E-state index contributed by atoms with van der Waals surface area (Å²) in [7, 11) is 0. The molecule has 1 saturated carbocycles. The van der Waals surface area contributed by atoms with Gasteiger partial charge in [0.1, 0.15) is 5.82 Å². The van der Waals surface area contributed by atoms with Gasteiger partial charge in [-0.2, -0.15) is 0 Å². The minimum absolute atomic E-state index is 0.100. The molecular weight excluding hydrogens is 337 g/mol. The van der Waals surface area contributed by atoms with Crippen molar-refractivity contribution in [2.75, 3.05) is 5.32 Å². The molecule has 0 radical (unpaired) electrons. The van der Waals surface area contributed by atoms with E-state index in [1.165, 1.54) is 6.20 Å². The number of nitrogens with one attached hydrogen (secondary N) is 2. The highest BCUT2D eigenvalue weighted by Gasteiger charge is 2.35. The maximum Gasteiger partial charge on any atom is 0.320 e. The number of carbonyl (C=O) groups is 2. The van der Waals surface area contributed by atoms with Gasteiger partial charge in [-0.25, -0.2) is 9.78 Å². The van der Waals surface area contributed by atoms with Crippen LogP contribution in [0, 0.1) is 5.92 Å². The first-order chi connectivity index (χ1) is 8.95. The lowest BCUT2D eigenvalue weighted by atomic mass is 9.80. The Balaban J connectivity index is 1.82. The molecule has 1 aliphatic carbocycles. The molecule has 1 heterocycles. The molecular formula is C11H11BrClN3O3. The third kappa shape index (κ3) is 3.57. The minimum Gasteiger partial charge on any atom is -0.481 e. The number of aliphatic carboxylic acids is 1. The number of rotatable bonds is 3. The molecule has 6 nitrogen and oxygen atoms in total. The maximum absolute atomic E-state index is 11.6. The second-order valence-electron chi connectivity index (χ2n) is 4.29. The van der Waals surface area contributed by atoms with Crippen LogP contribution in [-0.4, -0.2) is 28.1 Å². The molecule has 1 fully saturated rings. The van der Waals surface area contributed by atoms with Gasteiger partial charge >= 0.3 is 12.0 Å². The van der Waals surface area contributed by atoms with Gasteiger partial charge in [-0.15, -0.1) is 0 Å². The van der Waals surface area contributed by atoms with E-state index in [-0.39, 0.29) is 12.0 Å². The molecule has 1 aromatic heterocycles. The van der Waals surface area contributed by atoms with Crippen molar-refractivity contribution in [3.8, 4) is 0 Å².